The van der Waals surface area contributed by atoms with Crippen LogP contribution >= 0.6 is 0 Å². The molecule has 0 aliphatic carbocycles. The van der Waals surface area contributed by atoms with E-state index in [1.807, 2.05) is 37.3 Å². The highest BCUT2D eigenvalue weighted by Crippen LogP contribution is 2.44. The number of nitrogens with zero attached hydrogens (tertiary/aromatic N) is 1. The molecule has 28 heavy (non-hydrogen) atoms. The van der Waals surface area contributed by atoms with Crippen LogP contribution in [-0.4, -0.2) is 44.8 Å². The molecule has 2 heterocycles. The third kappa shape index (κ3) is 3.37. The molecule has 0 bridgehead atoms. The van der Waals surface area contributed by atoms with Crippen molar-refractivity contribution in [2.45, 2.75) is 13.5 Å². The lowest BCUT2D eigenvalue weighted by Gasteiger charge is -2.29. The van der Waals surface area contributed by atoms with Crippen LogP contribution in [-0.2, 0) is 11.3 Å². The van der Waals surface area contributed by atoms with E-state index >= 15 is 0 Å². The summed E-state index contributed by atoms with van der Waals surface area (Å²) in [5, 5.41) is 0. The van der Waals surface area contributed by atoms with Gasteiger partial charge in [0.2, 0.25) is 5.78 Å². The van der Waals surface area contributed by atoms with E-state index < -0.39 is 0 Å². The normalized spacial score (nSPS) is 17.1. The average molecular weight is 381 g/mol. The second-order valence-electron chi connectivity index (χ2n) is 6.91. The second-order valence-corrected chi connectivity index (χ2v) is 6.91. The molecule has 146 valence electrons. The molecule has 0 aromatic heterocycles. The summed E-state index contributed by atoms with van der Waals surface area (Å²) in [5.41, 5.74) is 3.27. The smallest absolute Gasteiger partial charge is 0.232 e. The Labute approximate surface area is 164 Å². The van der Waals surface area contributed by atoms with E-state index in [0.717, 1.165) is 34.7 Å². The number of hydrogen-bond donors (Lipinski definition) is 0. The number of ketones is 1. The van der Waals surface area contributed by atoms with Gasteiger partial charge in [-0.1, -0.05) is 12.1 Å². The Kier molecular flexibility index (Phi) is 5.07. The van der Waals surface area contributed by atoms with Crippen LogP contribution in [0.2, 0.25) is 0 Å². The first-order valence-corrected chi connectivity index (χ1v) is 9.19. The summed E-state index contributed by atoms with van der Waals surface area (Å²) in [5.74, 6) is 2.39. The van der Waals surface area contributed by atoms with E-state index in [1.54, 1.807) is 20.3 Å². The Morgan fingerprint density at radius 3 is 2.71 bits per heavy atom. The minimum atomic E-state index is -0.0971. The van der Waals surface area contributed by atoms with Crippen LogP contribution in [0.4, 0.5) is 0 Å². The van der Waals surface area contributed by atoms with Gasteiger partial charge in [0.1, 0.15) is 24.0 Å². The van der Waals surface area contributed by atoms with E-state index in [-0.39, 0.29) is 5.78 Å². The predicted octanol–water partition coefficient (Wildman–Crippen LogP) is 3.42. The topological polar surface area (TPSA) is 57.2 Å². The Balaban J connectivity index is 1.66. The lowest BCUT2D eigenvalue weighted by atomic mass is 9.98. The van der Waals surface area contributed by atoms with Crippen LogP contribution < -0.4 is 14.2 Å². The Bertz CT molecular complexity index is 933. The maximum atomic E-state index is 13.0. The van der Waals surface area contributed by atoms with E-state index in [2.05, 4.69) is 4.90 Å². The number of aryl methyl sites for hydroxylation is 1. The lowest BCUT2D eigenvalue weighted by Crippen LogP contribution is -2.34. The van der Waals surface area contributed by atoms with E-state index in [4.69, 9.17) is 18.9 Å². The van der Waals surface area contributed by atoms with E-state index in [0.29, 0.717) is 37.0 Å². The van der Waals surface area contributed by atoms with Gasteiger partial charge in [-0.2, -0.15) is 0 Å². The maximum absolute atomic E-state index is 13.0. The van der Waals surface area contributed by atoms with Crippen LogP contribution in [0.3, 0.4) is 0 Å². The van der Waals surface area contributed by atoms with Crippen LogP contribution in [0.15, 0.2) is 36.1 Å². The Morgan fingerprint density at radius 2 is 2.00 bits per heavy atom. The number of methoxy groups -OCH3 is 2. The highest BCUT2D eigenvalue weighted by atomic mass is 16.5. The molecule has 0 atom stereocenters. The van der Waals surface area contributed by atoms with E-state index in [9.17, 15) is 4.79 Å². The molecule has 0 saturated carbocycles. The van der Waals surface area contributed by atoms with Crippen molar-refractivity contribution in [2.75, 3.05) is 34.1 Å². The zero-order valence-corrected chi connectivity index (χ0v) is 16.3. The largest absolute Gasteiger partial charge is 0.497 e. The molecule has 0 saturated heterocycles. The van der Waals surface area contributed by atoms with Gasteiger partial charge >= 0.3 is 0 Å². The summed E-state index contributed by atoms with van der Waals surface area (Å²) in [7, 11) is 3.30. The Morgan fingerprint density at radius 1 is 1.21 bits per heavy atom. The maximum Gasteiger partial charge on any atom is 0.232 e. The van der Waals surface area contributed by atoms with E-state index in [1.165, 1.54) is 0 Å². The van der Waals surface area contributed by atoms with Crippen LogP contribution in [0.1, 0.15) is 27.0 Å². The number of allylic oxidation sites excluding steroid dienone is 1. The molecule has 0 spiro atoms. The molecular weight excluding hydrogens is 358 g/mol. The quantitative estimate of drug-likeness (QED) is 0.740. The molecule has 0 unspecified atom stereocenters. The minimum Gasteiger partial charge on any atom is -0.497 e. The van der Waals surface area contributed by atoms with Gasteiger partial charge in [0.15, 0.2) is 5.76 Å². The average Bonchev–Trinajstić information content (AvgIpc) is 3.04. The summed E-state index contributed by atoms with van der Waals surface area (Å²) in [6, 6.07) is 9.42. The number of rotatable bonds is 5. The van der Waals surface area contributed by atoms with Gasteiger partial charge in [-0.15, -0.1) is 0 Å². The summed E-state index contributed by atoms with van der Waals surface area (Å²) < 4.78 is 22.3. The molecule has 0 N–H and O–H groups in total. The fourth-order valence-electron chi connectivity index (χ4n) is 3.49. The molecule has 6 heteroatoms. The molecule has 2 aliphatic heterocycles. The Hall–Kier alpha value is -2.83. The van der Waals surface area contributed by atoms with Crippen molar-refractivity contribution in [2.24, 2.45) is 0 Å². The van der Waals surface area contributed by atoms with Crippen molar-refractivity contribution in [3.05, 3.63) is 58.3 Å². The number of carbonyl (C=O) groups is 1. The zero-order chi connectivity index (χ0) is 19.7. The molecule has 0 amide bonds. The number of fused-ring (bicyclic) bond motifs is 3. The molecular formula is C22H23NO5. The van der Waals surface area contributed by atoms with Gasteiger partial charge in [0.25, 0.3) is 0 Å². The van der Waals surface area contributed by atoms with Crippen molar-refractivity contribution in [1.29, 1.82) is 0 Å². The fraction of sp³-hybridized carbons (Fsp3) is 0.318. The number of carbonyl (C=O) groups excluding carboxylic acids is 1. The van der Waals surface area contributed by atoms with Crippen LogP contribution in [0.5, 0.6) is 17.2 Å². The SMILES string of the molecule is COCCN1COc2cc(C)c3c(c2C1)O/C(=C\c1ccc(OC)cc1)C3=O. The summed E-state index contributed by atoms with van der Waals surface area (Å²) in [6.45, 7) is 4.44. The van der Waals surface area contributed by atoms with Crippen molar-refractivity contribution >= 4 is 11.9 Å². The van der Waals surface area contributed by atoms with Gasteiger partial charge in [0, 0.05) is 20.2 Å². The third-order valence-corrected chi connectivity index (χ3v) is 5.01. The number of Topliss-reactive ketones (excluding diaryl/α,β-unsaturated/α-hetero) is 1. The van der Waals surface area contributed by atoms with Gasteiger partial charge in [0.05, 0.1) is 24.8 Å². The molecule has 2 aliphatic rings. The van der Waals surface area contributed by atoms with Crippen molar-refractivity contribution in [1.82, 2.24) is 4.90 Å². The highest BCUT2D eigenvalue weighted by Gasteiger charge is 2.35. The molecule has 0 fully saturated rings. The molecule has 2 aromatic carbocycles. The molecule has 4 rings (SSSR count). The molecule has 2 aromatic rings. The van der Waals surface area contributed by atoms with Gasteiger partial charge < -0.3 is 18.9 Å². The monoisotopic (exact) mass is 381 g/mol. The number of hydrogen-bond acceptors (Lipinski definition) is 6. The summed E-state index contributed by atoms with van der Waals surface area (Å²) in [6.07, 6.45) is 1.76. The summed E-state index contributed by atoms with van der Waals surface area (Å²) in [4.78, 5) is 15.1. The highest BCUT2D eigenvalue weighted by molar-refractivity contribution is 6.15. The van der Waals surface area contributed by atoms with Crippen molar-refractivity contribution < 1.29 is 23.7 Å². The first kappa shape index (κ1) is 18.5. The fourth-order valence-corrected chi connectivity index (χ4v) is 3.49. The zero-order valence-electron chi connectivity index (χ0n) is 16.3. The third-order valence-electron chi connectivity index (χ3n) is 5.01. The minimum absolute atomic E-state index is 0.0971. The van der Waals surface area contributed by atoms with Crippen LogP contribution in [0.25, 0.3) is 6.08 Å². The summed E-state index contributed by atoms with van der Waals surface area (Å²) >= 11 is 0. The first-order valence-electron chi connectivity index (χ1n) is 9.19. The standard InChI is InChI=1S/C22H23NO5/c1-14-10-18-17(12-23(13-27-18)8-9-25-2)22-20(14)21(24)19(28-22)11-15-4-6-16(26-3)7-5-15/h4-7,10-11H,8-9,12-13H2,1-3H3/b19-11-. The second kappa shape index (κ2) is 7.66. The first-order chi connectivity index (χ1) is 13.6. The number of benzene rings is 2. The predicted molar refractivity (Wildman–Crippen MR) is 105 cm³/mol. The van der Waals surface area contributed by atoms with Crippen LogP contribution in [0, 0.1) is 6.92 Å². The van der Waals surface area contributed by atoms with Gasteiger partial charge in [-0.05, 0) is 42.3 Å². The van der Waals surface area contributed by atoms with Crippen molar-refractivity contribution in [3.63, 3.8) is 0 Å². The molecule has 0 radical (unpaired) electrons. The van der Waals surface area contributed by atoms with Gasteiger partial charge in [-0.25, -0.2) is 0 Å². The van der Waals surface area contributed by atoms with Crippen molar-refractivity contribution in [3.8, 4) is 17.2 Å². The van der Waals surface area contributed by atoms with Gasteiger partial charge in [-0.3, -0.25) is 9.69 Å². The number of ether oxygens (including phenoxy) is 4. The lowest BCUT2D eigenvalue weighted by molar-refractivity contribution is 0.0646. The molecule has 6 nitrogen and oxygen atoms in total.